The average molecular weight is 542 g/mol. The summed E-state index contributed by atoms with van der Waals surface area (Å²) < 4.78 is 49.6. The topological polar surface area (TPSA) is 83.5 Å². The number of pyridine rings is 1. The number of aromatic nitrogens is 1. The van der Waals surface area contributed by atoms with Gasteiger partial charge in [0.2, 0.25) is 0 Å². The van der Waals surface area contributed by atoms with Crippen molar-refractivity contribution in [1.29, 1.82) is 0 Å². The average Bonchev–Trinajstić information content (AvgIpc) is 2.90. The van der Waals surface area contributed by atoms with E-state index in [9.17, 15) is 18.0 Å². The van der Waals surface area contributed by atoms with E-state index in [4.69, 9.17) is 9.84 Å². The van der Waals surface area contributed by atoms with Gasteiger partial charge in [-0.25, -0.2) is 13.2 Å². The molecule has 0 saturated heterocycles. The maximum atomic E-state index is 15.0. The molecule has 1 aromatic heterocycles. The first-order chi connectivity index (χ1) is 18.4. The fraction of sp³-hybridized carbons (Fsp3) is 0.214. The first kappa shape index (κ1) is 27.3. The van der Waals surface area contributed by atoms with Gasteiger partial charge < -0.3 is 20.5 Å². The van der Waals surface area contributed by atoms with E-state index in [1.165, 1.54) is 43.1 Å². The van der Waals surface area contributed by atoms with Crippen molar-refractivity contribution in [3.63, 3.8) is 0 Å². The van der Waals surface area contributed by atoms with Crippen molar-refractivity contribution < 1.29 is 27.8 Å². The third-order valence-corrected chi connectivity index (χ3v) is 6.92. The number of methoxy groups -OCH3 is 1. The van der Waals surface area contributed by atoms with E-state index < -0.39 is 23.4 Å². The fourth-order valence-corrected chi connectivity index (χ4v) is 4.86. The Morgan fingerprint density at radius 2 is 1.79 bits per heavy atom. The molecule has 0 aliphatic rings. The van der Waals surface area contributed by atoms with Crippen LogP contribution in [0, 0.1) is 17.5 Å². The van der Waals surface area contributed by atoms with E-state index in [2.05, 4.69) is 15.6 Å². The number of carboxylic acids is 1. The predicted octanol–water partition coefficient (Wildman–Crippen LogP) is 5.78. The Kier molecular flexibility index (Phi) is 9.09. The summed E-state index contributed by atoms with van der Waals surface area (Å²) in [4.78, 5) is 15.6. The molecule has 0 bridgehead atoms. The highest BCUT2D eigenvalue weighted by Gasteiger charge is 2.16. The van der Waals surface area contributed by atoms with Gasteiger partial charge in [0.05, 0.1) is 19.2 Å². The minimum Gasteiger partial charge on any atom is -0.494 e. The Labute approximate surface area is 222 Å². The van der Waals surface area contributed by atoms with Gasteiger partial charge in [-0.3, -0.25) is 9.78 Å². The van der Waals surface area contributed by atoms with Gasteiger partial charge in [0.15, 0.2) is 11.6 Å². The third-order valence-electron chi connectivity index (χ3n) is 5.87. The fourth-order valence-electron chi connectivity index (χ4n) is 3.96. The number of ether oxygens (including phenoxy) is 1. The molecule has 0 radical (unpaired) electrons. The molecule has 4 rings (SSSR count). The van der Waals surface area contributed by atoms with E-state index in [1.807, 2.05) is 30.3 Å². The van der Waals surface area contributed by atoms with E-state index in [0.717, 1.165) is 5.56 Å². The summed E-state index contributed by atoms with van der Waals surface area (Å²) in [6, 6.07) is 14.9. The third kappa shape index (κ3) is 6.76. The number of anilines is 1. The molecule has 0 atom stereocenters. The van der Waals surface area contributed by atoms with Crippen molar-refractivity contribution in [3.8, 4) is 5.75 Å². The van der Waals surface area contributed by atoms with Crippen molar-refractivity contribution in [1.82, 2.24) is 10.3 Å². The van der Waals surface area contributed by atoms with Crippen LogP contribution in [0.1, 0.15) is 16.7 Å². The smallest absolute Gasteiger partial charge is 0.317 e. The second-order valence-electron chi connectivity index (χ2n) is 8.48. The van der Waals surface area contributed by atoms with Crippen molar-refractivity contribution in [2.75, 3.05) is 25.5 Å². The minimum atomic E-state index is -0.995. The lowest BCUT2D eigenvalue weighted by molar-refractivity contribution is -0.135. The molecule has 10 heteroatoms. The number of hydrogen-bond donors (Lipinski definition) is 3. The highest BCUT2D eigenvalue weighted by atomic mass is 32.2. The molecule has 0 fully saturated rings. The number of rotatable bonds is 12. The molecule has 4 aromatic rings. The minimum absolute atomic E-state index is 0.0208. The zero-order valence-corrected chi connectivity index (χ0v) is 21.4. The monoisotopic (exact) mass is 541 g/mol. The summed E-state index contributed by atoms with van der Waals surface area (Å²) in [7, 11) is 1.35. The van der Waals surface area contributed by atoms with Crippen molar-refractivity contribution in [2.45, 2.75) is 23.6 Å². The Morgan fingerprint density at radius 3 is 2.47 bits per heavy atom. The largest absolute Gasteiger partial charge is 0.494 e. The highest BCUT2D eigenvalue weighted by Crippen LogP contribution is 2.32. The number of nitrogens with zero attached hydrogens (tertiary/aromatic N) is 1. The van der Waals surface area contributed by atoms with E-state index in [-0.39, 0.29) is 24.4 Å². The summed E-state index contributed by atoms with van der Waals surface area (Å²) >= 11 is 1.34. The number of hydrogen-bond acceptors (Lipinski definition) is 6. The summed E-state index contributed by atoms with van der Waals surface area (Å²) in [5.41, 5.74) is 2.42. The molecule has 0 saturated carbocycles. The number of fused-ring (bicyclic) bond motifs is 1. The molecule has 0 unspecified atom stereocenters. The van der Waals surface area contributed by atoms with Crippen LogP contribution in [0.4, 0.5) is 18.9 Å². The Morgan fingerprint density at radius 1 is 1.05 bits per heavy atom. The van der Waals surface area contributed by atoms with Gasteiger partial charge >= 0.3 is 5.97 Å². The number of thioether (sulfide) groups is 1. The molecule has 0 amide bonds. The predicted molar refractivity (Wildman–Crippen MR) is 142 cm³/mol. The summed E-state index contributed by atoms with van der Waals surface area (Å²) in [5, 5.41) is 15.1. The van der Waals surface area contributed by atoms with Crippen molar-refractivity contribution in [3.05, 3.63) is 94.9 Å². The van der Waals surface area contributed by atoms with Gasteiger partial charge in [0.25, 0.3) is 0 Å². The van der Waals surface area contributed by atoms with Crippen LogP contribution < -0.4 is 15.4 Å². The first-order valence-corrected chi connectivity index (χ1v) is 12.8. The standard InChI is InChI=1S/C28H26F3N3O3S/c1-37-26-12-25-20(11-24(26)31)28(18(13-33-25)7-8-32-15-27(35)36)34-14-21-22(29)9-19(10-23(21)30)38-16-17-5-3-2-4-6-17/h2-6,9-13,32H,7-8,14-16H2,1H3,(H,33,34)(H,35,36). The van der Waals surface area contributed by atoms with Crippen LogP contribution in [0.15, 0.2) is 65.7 Å². The second-order valence-corrected chi connectivity index (χ2v) is 9.52. The molecular weight excluding hydrogens is 515 g/mol. The van der Waals surface area contributed by atoms with Gasteiger partial charge in [-0.1, -0.05) is 30.3 Å². The number of halogens is 3. The van der Waals surface area contributed by atoms with Crippen LogP contribution in [0.25, 0.3) is 10.9 Å². The lowest BCUT2D eigenvalue weighted by atomic mass is 10.1. The number of carbonyl (C=O) groups is 1. The van der Waals surface area contributed by atoms with Gasteiger partial charge in [-0.15, -0.1) is 11.8 Å². The quantitative estimate of drug-likeness (QED) is 0.155. The first-order valence-electron chi connectivity index (χ1n) is 11.8. The van der Waals surface area contributed by atoms with E-state index >= 15 is 0 Å². The van der Waals surface area contributed by atoms with Crippen molar-refractivity contribution >= 4 is 34.3 Å². The number of benzene rings is 3. The molecule has 198 valence electrons. The molecule has 0 spiro atoms. The Bertz CT molecular complexity index is 1410. The van der Waals surface area contributed by atoms with E-state index in [1.54, 1.807) is 6.20 Å². The molecule has 1 heterocycles. The zero-order chi connectivity index (χ0) is 27.1. The summed E-state index contributed by atoms with van der Waals surface area (Å²) in [5.74, 6) is -2.39. The van der Waals surface area contributed by atoms with Crippen LogP contribution in [-0.4, -0.2) is 36.3 Å². The van der Waals surface area contributed by atoms with Crippen LogP contribution in [0.5, 0.6) is 5.75 Å². The molecule has 6 nitrogen and oxygen atoms in total. The lowest BCUT2D eigenvalue weighted by Crippen LogP contribution is -2.24. The van der Waals surface area contributed by atoms with Gasteiger partial charge in [-0.05, 0) is 42.3 Å². The number of aliphatic carboxylic acids is 1. The number of carboxylic acid groups (broad SMARTS) is 1. The highest BCUT2D eigenvalue weighted by molar-refractivity contribution is 7.98. The number of nitrogens with one attached hydrogen (secondary N) is 2. The van der Waals surface area contributed by atoms with Gasteiger partial charge in [0.1, 0.15) is 11.6 Å². The summed E-state index contributed by atoms with van der Waals surface area (Å²) in [6.07, 6.45) is 1.92. The zero-order valence-electron chi connectivity index (χ0n) is 20.6. The normalized spacial score (nSPS) is 11.1. The maximum absolute atomic E-state index is 15.0. The van der Waals surface area contributed by atoms with Crippen LogP contribution in [-0.2, 0) is 23.5 Å². The molecule has 0 aliphatic heterocycles. The van der Waals surface area contributed by atoms with Gasteiger partial charge in [-0.2, -0.15) is 0 Å². The Hall–Kier alpha value is -3.76. The molecular formula is C28H26F3N3O3S. The van der Waals surface area contributed by atoms with Crippen LogP contribution >= 0.6 is 11.8 Å². The molecule has 3 aromatic carbocycles. The van der Waals surface area contributed by atoms with Crippen LogP contribution in [0.3, 0.4) is 0 Å². The second kappa shape index (κ2) is 12.7. The van der Waals surface area contributed by atoms with E-state index in [0.29, 0.717) is 45.8 Å². The molecule has 38 heavy (non-hydrogen) atoms. The molecule has 0 aliphatic carbocycles. The summed E-state index contributed by atoms with van der Waals surface area (Å²) in [6.45, 7) is -0.104. The molecule has 3 N–H and O–H groups in total. The van der Waals surface area contributed by atoms with Crippen LogP contribution in [0.2, 0.25) is 0 Å². The van der Waals surface area contributed by atoms with Gasteiger partial charge in [0, 0.05) is 46.1 Å². The SMILES string of the molecule is COc1cc2ncc(CCNCC(=O)O)c(NCc3c(F)cc(SCc4ccccc4)cc3F)c2cc1F. The Balaban J connectivity index is 1.57. The lowest BCUT2D eigenvalue weighted by Gasteiger charge is -2.17. The maximum Gasteiger partial charge on any atom is 0.317 e. The van der Waals surface area contributed by atoms with Crippen molar-refractivity contribution in [2.24, 2.45) is 0 Å².